The summed E-state index contributed by atoms with van der Waals surface area (Å²) in [5.41, 5.74) is 4.47. The third kappa shape index (κ3) is 4.04. The lowest BCUT2D eigenvalue weighted by atomic mass is 10.0. The number of hydrogen-bond acceptors (Lipinski definition) is 4. The molecule has 0 aliphatic carbocycles. The number of pyridine rings is 3. The van der Waals surface area contributed by atoms with Crippen molar-refractivity contribution in [2.24, 2.45) is 0 Å². The zero-order chi connectivity index (χ0) is 21.0. The number of hydrogen-bond donors (Lipinski definition) is 1. The Bertz CT molecular complexity index is 1150. The van der Waals surface area contributed by atoms with Crippen LogP contribution in [0.4, 0.5) is 0 Å². The quantitative estimate of drug-likeness (QED) is 0.472. The molecule has 1 aliphatic rings. The molecular weight excluding hydrogens is 404 g/mol. The summed E-state index contributed by atoms with van der Waals surface area (Å²) in [7, 11) is 0. The van der Waals surface area contributed by atoms with Crippen LogP contribution in [0.1, 0.15) is 34.6 Å². The molecule has 7 heteroatoms. The molecule has 2 atom stereocenters. The lowest BCUT2D eigenvalue weighted by Crippen LogP contribution is -2.30. The van der Waals surface area contributed by atoms with Gasteiger partial charge in [0.25, 0.3) is 0 Å². The Hall–Kier alpha value is -3.58. The summed E-state index contributed by atoms with van der Waals surface area (Å²) >= 11 is 5.79. The molecule has 1 aliphatic heterocycles. The van der Waals surface area contributed by atoms with Gasteiger partial charge in [0.15, 0.2) is 5.11 Å². The average molecular weight is 427 g/mol. The van der Waals surface area contributed by atoms with Gasteiger partial charge in [0.2, 0.25) is 0 Å². The van der Waals surface area contributed by atoms with Gasteiger partial charge in [0.1, 0.15) is 0 Å². The van der Waals surface area contributed by atoms with Gasteiger partial charge in [-0.2, -0.15) is 0 Å². The molecule has 6 nitrogen and oxygen atoms in total. The highest BCUT2D eigenvalue weighted by molar-refractivity contribution is 7.80. The maximum atomic E-state index is 5.79. The normalized spacial score (nSPS) is 18.2. The van der Waals surface area contributed by atoms with Crippen LogP contribution in [-0.2, 0) is 13.1 Å². The van der Waals surface area contributed by atoms with Crippen LogP contribution >= 0.6 is 12.2 Å². The summed E-state index contributed by atoms with van der Waals surface area (Å²) in [6.07, 6.45) is 11.3. The second-order valence-electron chi connectivity index (χ2n) is 7.53. The van der Waals surface area contributed by atoms with E-state index in [2.05, 4.69) is 60.2 Å². The van der Waals surface area contributed by atoms with Crippen LogP contribution in [0.3, 0.4) is 0 Å². The Balaban J connectivity index is 1.54. The van der Waals surface area contributed by atoms with E-state index in [1.165, 1.54) is 5.69 Å². The first kappa shape index (κ1) is 19.4. The van der Waals surface area contributed by atoms with Crippen molar-refractivity contribution in [3.8, 4) is 0 Å². The van der Waals surface area contributed by atoms with E-state index in [1.54, 1.807) is 6.20 Å². The van der Waals surface area contributed by atoms with Crippen molar-refractivity contribution in [3.05, 3.63) is 114 Å². The molecule has 5 rings (SSSR count). The van der Waals surface area contributed by atoms with Gasteiger partial charge in [-0.1, -0.05) is 12.1 Å². The summed E-state index contributed by atoms with van der Waals surface area (Å²) < 4.78 is 2.27. The van der Waals surface area contributed by atoms with Crippen LogP contribution in [0.5, 0.6) is 0 Å². The molecule has 1 saturated heterocycles. The third-order valence-electron chi connectivity index (χ3n) is 5.54. The van der Waals surface area contributed by atoms with Crippen molar-refractivity contribution in [2.45, 2.75) is 25.2 Å². The van der Waals surface area contributed by atoms with E-state index < -0.39 is 0 Å². The Kier molecular flexibility index (Phi) is 5.41. The van der Waals surface area contributed by atoms with Crippen molar-refractivity contribution in [2.75, 3.05) is 0 Å². The van der Waals surface area contributed by atoms with Crippen LogP contribution in [0.15, 0.2) is 91.8 Å². The molecule has 4 aromatic rings. The van der Waals surface area contributed by atoms with Gasteiger partial charge in [0, 0.05) is 56.0 Å². The summed E-state index contributed by atoms with van der Waals surface area (Å²) in [5, 5.41) is 4.25. The zero-order valence-electron chi connectivity index (χ0n) is 16.9. The smallest absolute Gasteiger partial charge is 0.170 e. The first-order valence-electron chi connectivity index (χ1n) is 10.2. The number of thiocarbonyl (C=S) groups is 1. The van der Waals surface area contributed by atoms with E-state index in [4.69, 9.17) is 12.2 Å². The second-order valence-corrected chi connectivity index (χ2v) is 7.92. The highest BCUT2D eigenvalue weighted by Crippen LogP contribution is 2.39. The molecule has 0 unspecified atom stereocenters. The highest BCUT2D eigenvalue weighted by atomic mass is 32.1. The van der Waals surface area contributed by atoms with Gasteiger partial charge in [0.05, 0.1) is 17.8 Å². The fraction of sp³-hybridized carbons (Fsp3) is 0.167. The first-order chi connectivity index (χ1) is 15.3. The maximum Gasteiger partial charge on any atom is 0.170 e. The van der Waals surface area contributed by atoms with Crippen LogP contribution in [0.25, 0.3) is 0 Å². The van der Waals surface area contributed by atoms with Crippen LogP contribution < -0.4 is 5.32 Å². The fourth-order valence-corrected chi connectivity index (χ4v) is 4.42. The molecule has 154 valence electrons. The summed E-state index contributed by atoms with van der Waals surface area (Å²) in [4.78, 5) is 15.3. The van der Waals surface area contributed by atoms with Gasteiger partial charge in [-0.15, -0.1) is 0 Å². The summed E-state index contributed by atoms with van der Waals surface area (Å²) in [6, 6.07) is 18.4. The number of nitrogens with one attached hydrogen (secondary N) is 1. The van der Waals surface area contributed by atoms with E-state index in [0.29, 0.717) is 6.54 Å². The molecule has 0 radical (unpaired) electrons. The molecule has 1 fully saturated rings. The third-order valence-corrected chi connectivity index (χ3v) is 5.90. The molecule has 4 aromatic heterocycles. The fourth-order valence-electron chi connectivity index (χ4n) is 4.11. The van der Waals surface area contributed by atoms with Crippen molar-refractivity contribution < 1.29 is 0 Å². The van der Waals surface area contributed by atoms with Crippen LogP contribution in [0, 0.1) is 0 Å². The molecule has 31 heavy (non-hydrogen) atoms. The monoisotopic (exact) mass is 426 g/mol. The zero-order valence-corrected chi connectivity index (χ0v) is 17.7. The van der Waals surface area contributed by atoms with E-state index >= 15 is 0 Å². The summed E-state index contributed by atoms with van der Waals surface area (Å²) in [5.74, 6) is 0. The Morgan fingerprint density at radius 2 is 1.74 bits per heavy atom. The van der Waals surface area contributed by atoms with Crippen LogP contribution in [-0.4, -0.2) is 29.5 Å². The van der Waals surface area contributed by atoms with Gasteiger partial charge >= 0.3 is 0 Å². The minimum Gasteiger partial charge on any atom is -0.352 e. The van der Waals surface area contributed by atoms with Gasteiger partial charge in [-0.05, 0) is 65.8 Å². The lowest BCUT2D eigenvalue weighted by molar-refractivity contribution is 0.298. The molecule has 1 N–H and O–H groups in total. The molecule has 0 bridgehead atoms. The predicted molar refractivity (Wildman–Crippen MR) is 123 cm³/mol. The van der Waals surface area contributed by atoms with Crippen LogP contribution in [0.2, 0.25) is 0 Å². The molecule has 0 aromatic carbocycles. The maximum absolute atomic E-state index is 5.79. The van der Waals surface area contributed by atoms with E-state index in [9.17, 15) is 0 Å². The molecule has 0 spiro atoms. The van der Waals surface area contributed by atoms with Crippen molar-refractivity contribution in [1.82, 2.24) is 29.7 Å². The Labute approximate surface area is 186 Å². The standard InChI is InChI=1S/C24H22N6S/c31-24-28-22(20-6-1-2-11-27-20)23(30(24)17-18-8-12-25-13-9-18)21-7-4-14-29(21)16-19-5-3-10-26-15-19/h1-15,22-23H,16-17H2,(H,28,31)/t22-,23+/m0/s1. The van der Waals surface area contributed by atoms with Gasteiger partial charge in [-0.3, -0.25) is 15.0 Å². The Morgan fingerprint density at radius 3 is 2.52 bits per heavy atom. The molecule has 0 amide bonds. The summed E-state index contributed by atoms with van der Waals surface area (Å²) in [6.45, 7) is 1.44. The van der Waals surface area contributed by atoms with E-state index in [1.807, 2.05) is 55.1 Å². The topological polar surface area (TPSA) is 58.9 Å². The van der Waals surface area contributed by atoms with Crippen molar-refractivity contribution in [3.63, 3.8) is 0 Å². The minimum atomic E-state index is -0.0434. The first-order valence-corrected chi connectivity index (χ1v) is 10.6. The largest absolute Gasteiger partial charge is 0.352 e. The van der Waals surface area contributed by atoms with E-state index in [-0.39, 0.29) is 12.1 Å². The number of aromatic nitrogens is 4. The molecule has 0 saturated carbocycles. The predicted octanol–water partition coefficient (Wildman–Crippen LogP) is 3.89. The molecule has 5 heterocycles. The Morgan fingerprint density at radius 1 is 0.839 bits per heavy atom. The second kappa shape index (κ2) is 8.65. The minimum absolute atomic E-state index is 0.00207. The number of nitrogens with zero attached hydrogens (tertiary/aromatic N) is 5. The van der Waals surface area contributed by atoms with Gasteiger partial charge < -0.3 is 14.8 Å². The van der Waals surface area contributed by atoms with Crippen molar-refractivity contribution >= 4 is 17.3 Å². The lowest BCUT2D eigenvalue weighted by Gasteiger charge is -2.29. The highest BCUT2D eigenvalue weighted by Gasteiger charge is 2.41. The average Bonchev–Trinajstić information content (AvgIpc) is 3.40. The van der Waals surface area contributed by atoms with E-state index in [0.717, 1.165) is 28.5 Å². The van der Waals surface area contributed by atoms with Gasteiger partial charge in [-0.25, -0.2) is 0 Å². The molecular formula is C24H22N6S. The van der Waals surface area contributed by atoms with Crippen molar-refractivity contribution in [1.29, 1.82) is 0 Å². The SMILES string of the molecule is S=C1N[C@@H](c2ccccn2)[C@@H](c2cccn2Cc2cccnc2)N1Cc1ccncc1. The number of rotatable bonds is 6.